The normalized spacial score (nSPS) is 17.6. The molecule has 2 rings (SSSR count). The van der Waals surface area contributed by atoms with Crippen molar-refractivity contribution < 1.29 is 18.3 Å². The maximum atomic E-state index is 11.6. The predicted molar refractivity (Wildman–Crippen MR) is 61.9 cm³/mol. The van der Waals surface area contributed by atoms with Gasteiger partial charge in [0.05, 0.1) is 6.33 Å². The van der Waals surface area contributed by atoms with Crippen molar-refractivity contribution in [1.82, 2.24) is 19.4 Å². The third-order valence-corrected chi connectivity index (χ3v) is 3.71. The number of aromatic nitrogens is 2. The lowest BCUT2D eigenvalue weighted by Gasteiger charge is -2.14. The van der Waals surface area contributed by atoms with Crippen molar-refractivity contribution in [2.45, 2.75) is 31.3 Å². The molecule has 1 aliphatic carbocycles. The van der Waals surface area contributed by atoms with Gasteiger partial charge >= 0.3 is 5.97 Å². The van der Waals surface area contributed by atoms with E-state index in [0.717, 1.165) is 12.8 Å². The van der Waals surface area contributed by atoms with Crippen molar-refractivity contribution in [1.29, 1.82) is 0 Å². The fraction of sp³-hybridized carbons (Fsp3) is 0.556. The molecule has 1 fully saturated rings. The highest BCUT2D eigenvalue weighted by atomic mass is 32.2. The van der Waals surface area contributed by atoms with Gasteiger partial charge in [-0.1, -0.05) is 0 Å². The van der Waals surface area contributed by atoms with Crippen molar-refractivity contribution in [3.8, 4) is 0 Å². The Hall–Kier alpha value is -1.45. The molecular weight excluding hydrogens is 260 g/mol. The predicted octanol–water partition coefficient (Wildman–Crippen LogP) is -1.01. The Morgan fingerprint density at radius 3 is 2.83 bits per heavy atom. The molecule has 4 N–H and O–H groups in total. The van der Waals surface area contributed by atoms with Gasteiger partial charge in [-0.3, -0.25) is 4.79 Å². The summed E-state index contributed by atoms with van der Waals surface area (Å²) in [5.41, 5.74) is 0.552. The Balaban J connectivity index is 1.99. The lowest BCUT2D eigenvalue weighted by molar-refractivity contribution is -0.138. The molecule has 1 heterocycles. The average Bonchev–Trinajstić information content (AvgIpc) is 2.91. The number of hydrogen-bond acceptors (Lipinski definition) is 4. The van der Waals surface area contributed by atoms with Crippen LogP contribution >= 0.6 is 0 Å². The molecule has 0 spiro atoms. The molecule has 0 aromatic carbocycles. The van der Waals surface area contributed by atoms with E-state index in [4.69, 9.17) is 5.11 Å². The first kappa shape index (κ1) is 13.0. The molecule has 0 saturated heterocycles. The SMILES string of the molecule is O=C(O)[C@H](Cc1cnc[nH]1)NS(=O)(=O)NC1CC1. The quantitative estimate of drug-likeness (QED) is 0.507. The van der Waals surface area contributed by atoms with Crippen LogP contribution in [0.5, 0.6) is 0 Å². The molecule has 18 heavy (non-hydrogen) atoms. The first-order valence-electron chi connectivity index (χ1n) is 5.46. The highest BCUT2D eigenvalue weighted by Gasteiger charge is 2.30. The Morgan fingerprint density at radius 1 is 1.61 bits per heavy atom. The molecular formula is C9H14N4O4S. The van der Waals surface area contributed by atoms with Crippen molar-refractivity contribution >= 4 is 16.2 Å². The minimum atomic E-state index is -3.78. The maximum absolute atomic E-state index is 11.6. The molecule has 1 atom stereocenters. The Labute approximate surface area is 104 Å². The van der Waals surface area contributed by atoms with Crippen molar-refractivity contribution in [2.24, 2.45) is 0 Å². The molecule has 0 bridgehead atoms. The largest absolute Gasteiger partial charge is 0.480 e. The summed E-state index contributed by atoms with van der Waals surface area (Å²) in [5.74, 6) is -1.23. The topological polar surface area (TPSA) is 124 Å². The molecule has 1 saturated carbocycles. The van der Waals surface area contributed by atoms with E-state index in [2.05, 4.69) is 19.4 Å². The first-order valence-corrected chi connectivity index (χ1v) is 6.94. The third-order valence-electron chi connectivity index (χ3n) is 2.47. The van der Waals surface area contributed by atoms with Gasteiger partial charge < -0.3 is 10.1 Å². The number of carbonyl (C=O) groups is 1. The van der Waals surface area contributed by atoms with Gasteiger partial charge in [0.25, 0.3) is 10.2 Å². The van der Waals surface area contributed by atoms with Gasteiger partial charge in [-0.2, -0.15) is 17.9 Å². The number of carboxylic acids is 1. The number of nitrogens with one attached hydrogen (secondary N) is 3. The number of rotatable bonds is 7. The Kier molecular flexibility index (Phi) is 3.64. The van der Waals surface area contributed by atoms with Crippen LogP contribution in [0.3, 0.4) is 0 Å². The summed E-state index contributed by atoms with van der Waals surface area (Å²) in [6.07, 6.45) is 4.46. The van der Waals surface area contributed by atoms with Crippen molar-refractivity contribution in [3.05, 3.63) is 18.2 Å². The number of hydrogen-bond donors (Lipinski definition) is 4. The van der Waals surface area contributed by atoms with E-state index in [-0.39, 0.29) is 12.5 Å². The number of carboxylic acid groups (broad SMARTS) is 1. The molecule has 0 amide bonds. The lowest BCUT2D eigenvalue weighted by atomic mass is 10.2. The smallest absolute Gasteiger partial charge is 0.322 e. The van der Waals surface area contributed by atoms with Gasteiger partial charge in [0.1, 0.15) is 6.04 Å². The van der Waals surface area contributed by atoms with Gasteiger partial charge in [-0.15, -0.1) is 0 Å². The van der Waals surface area contributed by atoms with Crippen LogP contribution in [0.4, 0.5) is 0 Å². The summed E-state index contributed by atoms with van der Waals surface area (Å²) in [7, 11) is -3.78. The molecule has 1 aromatic rings. The zero-order chi connectivity index (χ0) is 13.2. The number of aliphatic carboxylic acids is 1. The summed E-state index contributed by atoms with van der Waals surface area (Å²) in [6.45, 7) is 0. The number of H-pyrrole nitrogens is 1. The number of nitrogens with zero attached hydrogens (tertiary/aromatic N) is 1. The standard InChI is InChI=1S/C9H14N4O4S/c14-9(15)8(3-7-4-10-5-11-7)13-18(16,17)12-6-1-2-6/h4-6,8,12-13H,1-3H2,(H,10,11)(H,14,15)/t8-/m0/s1. The van der Waals surface area contributed by atoms with Crippen LogP contribution in [0.25, 0.3) is 0 Å². The summed E-state index contributed by atoms with van der Waals surface area (Å²) in [6, 6.07) is -1.29. The Bertz CT molecular complexity index is 509. The van der Waals surface area contributed by atoms with E-state index < -0.39 is 22.2 Å². The molecule has 1 aromatic heterocycles. The number of imidazole rings is 1. The molecule has 100 valence electrons. The minimum absolute atomic E-state index is 0.0148. The highest BCUT2D eigenvalue weighted by molar-refractivity contribution is 7.87. The van der Waals surface area contributed by atoms with Crippen LogP contribution in [-0.2, 0) is 21.4 Å². The first-order chi connectivity index (χ1) is 8.46. The van der Waals surface area contributed by atoms with Gasteiger partial charge in [-0.25, -0.2) is 4.98 Å². The summed E-state index contributed by atoms with van der Waals surface area (Å²) in [5, 5.41) is 9.00. The van der Waals surface area contributed by atoms with Crippen LogP contribution in [0.15, 0.2) is 12.5 Å². The van der Waals surface area contributed by atoms with E-state index in [1.807, 2.05) is 0 Å². The number of aromatic amines is 1. The summed E-state index contributed by atoms with van der Waals surface area (Å²) in [4.78, 5) is 17.5. The van der Waals surface area contributed by atoms with Crippen LogP contribution < -0.4 is 9.44 Å². The minimum Gasteiger partial charge on any atom is -0.480 e. The van der Waals surface area contributed by atoms with Gasteiger partial charge in [0.15, 0.2) is 0 Å². The fourth-order valence-electron chi connectivity index (χ4n) is 1.44. The third kappa shape index (κ3) is 3.79. The molecule has 8 nitrogen and oxygen atoms in total. The summed E-state index contributed by atoms with van der Waals surface area (Å²) < 4.78 is 27.7. The van der Waals surface area contributed by atoms with E-state index >= 15 is 0 Å². The van der Waals surface area contributed by atoms with Crippen LogP contribution in [-0.4, -0.2) is 41.5 Å². The maximum Gasteiger partial charge on any atom is 0.322 e. The van der Waals surface area contributed by atoms with E-state index in [1.54, 1.807) is 0 Å². The zero-order valence-corrected chi connectivity index (χ0v) is 10.3. The van der Waals surface area contributed by atoms with E-state index in [1.165, 1.54) is 12.5 Å². The van der Waals surface area contributed by atoms with Gasteiger partial charge in [-0.05, 0) is 12.8 Å². The van der Waals surface area contributed by atoms with Crippen LogP contribution in [0, 0.1) is 0 Å². The van der Waals surface area contributed by atoms with Crippen molar-refractivity contribution in [2.75, 3.05) is 0 Å². The molecule has 9 heteroatoms. The second kappa shape index (κ2) is 5.04. The van der Waals surface area contributed by atoms with Crippen LogP contribution in [0.2, 0.25) is 0 Å². The zero-order valence-electron chi connectivity index (χ0n) is 9.46. The van der Waals surface area contributed by atoms with E-state index in [9.17, 15) is 13.2 Å². The average molecular weight is 274 g/mol. The molecule has 0 radical (unpaired) electrons. The summed E-state index contributed by atoms with van der Waals surface area (Å²) >= 11 is 0. The van der Waals surface area contributed by atoms with Crippen molar-refractivity contribution in [3.63, 3.8) is 0 Å². The second-order valence-corrected chi connectivity index (χ2v) is 5.66. The molecule has 1 aliphatic rings. The van der Waals surface area contributed by atoms with Crippen LogP contribution in [0.1, 0.15) is 18.5 Å². The van der Waals surface area contributed by atoms with Gasteiger partial charge in [0, 0.05) is 24.4 Å². The lowest BCUT2D eigenvalue weighted by Crippen LogP contribution is -2.48. The fourth-order valence-corrected chi connectivity index (χ4v) is 2.74. The van der Waals surface area contributed by atoms with E-state index in [0.29, 0.717) is 5.69 Å². The monoisotopic (exact) mass is 274 g/mol. The van der Waals surface area contributed by atoms with Gasteiger partial charge in [0.2, 0.25) is 0 Å². The molecule has 0 aliphatic heterocycles. The molecule has 0 unspecified atom stereocenters. The highest BCUT2D eigenvalue weighted by Crippen LogP contribution is 2.19. The second-order valence-electron chi connectivity index (χ2n) is 4.19. The Morgan fingerprint density at radius 2 is 2.33 bits per heavy atom.